The van der Waals surface area contributed by atoms with Gasteiger partial charge in [-0.15, -0.1) is 0 Å². The Kier molecular flexibility index (Phi) is 5.08. The van der Waals surface area contributed by atoms with E-state index in [-0.39, 0.29) is 5.91 Å². The molecule has 2 rings (SSSR count). The van der Waals surface area contributed by atoms with Crippen molar-refractivity contribution in [3.63, 3.8) is 0 Å². The molecule has 1 aromatic carbocycles. The van der Waals surface area contributed by atoms with Crippen molar-refractivity contribution in [1.82, 2.24) is 10.2 Å². The van der Waals surface area contributed by atoms with E-state index in [4.69, 9.17) is 23.2 Å². The fourth-order valence-corrected chi connectivity index (χ4v) is 2.82. The summed E-state index contributed by atoms with van der Waals surface area (Å²) in [6.45, 7) is 5.02. The van der Waals surface area contributed by atoms with Crippen molar-refractivity contribution in [2.45, 2.75) is 25.8 Å². The van der Waals surface area contributed by atoms with E-state index in [1.165, 1.54) is 12.8 Å². The first-order valence-corrected chi connectivity index (χ1v) is 7.31. The second-order valence-electron chi connectivity index (χ2n) is 4.93. The van der Waals surface area contributed by atoms with Gasteiger partial charge in [-0.2, -0.15) is 0 Å². The number of halogens is 2. The van der Waals surface area contributed by atoms with Crippen LogP contribution in [0.1, 0.15) is 30.1 Å². The van der Waals surface area contributed by atoms with Crippen LogP contribution in [-0.4, -0.2) is 36.5 Å². The maximum absolute atomic E-state index is 12.0. The van der Waals surface area contributed by atoms with Crippen LogP contribution in [-0.2, 0) is 0 Å². The molecule has 5 heteroatoms. The highest BCUT2D eigenvalue weighted by atomic mass is 35.5. The minimum atomic E-state index is -0.146. The second kappa shape index (κ2) is 6.60. The van der Waals surface area contributed by atoms with E-state index in [0.29, 0.717) is 28.2 Å². The van der Waals surface area contributed by atoms with Crippen LogP contribution in [0.5, 0.6) is 0 Å². The lowest BCUT2D eigenvalue weighted by molar-refractivity contribution is 0.0940. The van der Waals surface area contributed by atoms with Crippen molar-refractivity contribution in [2.24, 2.45) is 0 Å². The van der Waals surface area contributed by atoms with Crippen LogP contribution in [0.4, 0.5) is 0 Å². The predicted molar refractivity (Wildman–Crippen MR) is 79.1 cm³/mol. The van der Waals surface area contributed by atoms with Crippen molar-refractivity contribution < 1.29 is 4.79 Å². The van der Waals surface area contributed by atoms with E-state index in [2.05, 4.69) is 17.1 Å². The van der Waals surface area contributed by atoms with E-state index >= 15 is 0 Å². The number of amides is 1. The molecule has 1 heterocycles. The molecule has 1 fully saturated rings. The molecule has 3 nitrogen and oxygen atoms in total. The lowest BCUT2D eigenvalue weighted by atomic mass is 10.2. The minimum absolute atomic E-state index is 0.146. The van der Waals surface area contributed by atoms with Crippen LogP contribution >= 0.6 is 23.2 Å². The molecule has 0 saturated carbocycles. The standard InChI is InChI=1S/C14H18Cl2N2O/c1-10(18-6-2-3-7-18)9-17-14(19)12-5-4-11(15)8-13(12)16/h4-5,8,10H,2-3,6-7,9H2,1H3,(H,17,19). The molecule has 1 unspecified atom stereocenters. The minimum Gasteiger partial charge on any atom is -0.350 e. The Labute approximate surface area is 123 Å². The number of hydrogen-bond acceptors (Lipinski definition) is 2. The van der Waals surface area contributed by atoms with Gasteiger partial charge in [-0.3, -0.25) is 9.69 Å². The van der Waals surface area contributed by atoms with Gasteiger partial charge in [0.1, 0.15) is 0 Å². The Bertz CT molecular complexity index is 459. The van der Waals surface area contributed by atoms with Gasteiger partial charge in [0.2, 0.25) is 0 Å². The average Bonchev–Trinajstić information content (AvgIpc) is 2.89. The van der Waals surface area contributed by atoms with Crippen LogP contribution in [0.3, 0.4) is 0 Å². The second-order valence-corrected chi connectivity index (χ2v) is 5.77. The fraction of sp³-hybridized carbons (Fsp3) is 0.500. The number of likely N-dealkylation sites (tertiary alicyclic amines) is 1. The van der Waals surface area contributed by atoms with Crippen molar-refractivity contribution in [3.05, 3.63) is 33.8 Å². The first-order valence-electron chi connectivity index (χ1n) is 6.55. The Hall–Kier alpha value is -0.770. The van der Waals surface area contributed by atoms with Gasteiger partial charge >= 0.3 is 0 Å². The summed E-state index contributed by atoms with van der Waals surface area (Å²) >= 11 is 11.8. The highest BCUT2D eigenvalue weighted by molar-refractivity contribution is 6.36. The highest BCUT2D eigenvalue weighted by Gasteiger charge is 2.19. The number of carbonyl (C=O) groups is 1. The molecule has 0 spiro atoms. The van der Waals surface area contributed by atoms with E-state index in [9.17, 15) is 4.79 Å². The van der Waals surface area contributed by atoms with Gasteiger partial charge < -0.3 is 5.32 Å². The van der Waals surface area contributed by atoms with Gasteiger partial charge in [0.05, 0.1) is 10.6 Å². The molecule has 19 heavy (non-hydrogen) atoms. The van der Waals surface area contributed by atoms with Crippen LogP contribution in [0.25, 0.3) is 0 Å². The first-order chi connectivity index (χ1) is 9.08. The Morgan fingerprint density at radius 3 is 2.68 bits per heavy atom. The van der Waals surface area contributed by atoms with Gasteiger partial charge in [-0.1, -0.05) is 23.2 Å². The van der Waals surface area contributed by atoms with E-state index < -0.39 is 0 Å². The normalized spacial score (nSPS) is 17.4. The van der Waals surface area contributed by atoms with E-state index in [0.717, 1.165) is 13.1 Å². The summed E-state index contributed by atoms with van der Waals surface area (Å²) in [4.78, 5) is 14.4. The number of nitrogens with one attached hydrogen (secondary N) is 1. The number of hydrogen-bond donors (Lipinski definition) is 1. The molecule has 1 amide bonds. The smallest absolute Gasteiger partial charge is 0.252 e. The van der Waals surface area contributed by atoms with Crippen LogP contribution in [0.2, 0.25) is 10.0 Å². The van der Waals surface area contributed by atoms with Crippen LogP contribution in [0, 0.1) is 0 Å². The van der Waals surface area contributed by atoms with Gasteiger partial charge in [-0.05, 0) is 51.1 Å². The average molecular weight is 301 g/mol. The van der Waals surface area contributed by atoms with Crippen LogP contribution in [0.15, 0.2) is 18.2 Å². The van der Waals surface area contributed by atoms with E-state index in [1.54, 1.807) is 18.2 Å². The third-order valence-corrected chi connectivity index (χ3v) is 4.05. The fourth-order valence-electron chi connectivity index (χ4n) is 2.32. The molecule has 1 aliphatic rings. The van der Waals surface area contributed by atoms with Gasteiger partial charge in [0.25, 0.3) is 5.91 Å². The highest BCUT2D eigenvalue weighted by Crippen LogP contribution is 2.20. The lowest BCUT2D eigenvalue weighted by Gasteiger charge is -2.23. The number of rotatable bonds is 4. The number of nitrogens with zero attached hydrogens (tertiary/aromatic N) is 1. The third-order valence-electron chi connectivity index (χ3n) is 3.50. The van der Waals surface area contributed by atoms with Crippen molar-refractivity contribution >= 4 is 29.1 Å². The van der Waals surface area contributed by atoms with Crippen molar-refractivity contribution in [1.29, 1.82) is 0 Å². The molecule has 1 aliphatic heterocycles. The molecular weight excluding hydrogens is 283 g/mol. The summed E-state index contributed by atoms with van der Waals surface area (Å²) in [6.07, 6.45) is 2.50. The predicted octanol–water partition coefficient (Wildman–Crippen LogP) is 3.21. The number of carbonyl (C=O) groups excluding carboxylic acids is 1. The molecule has 0 radical (unpaired) electrons. The summed E-state index contributed by atoms with van der Waals surface area (Å²) in [5.41, 5.74) is 0.472. The van der Waals surface area contributed by atoms with Gasteiger partial charge in [-0.25, -0.2) is 0 Å². The molecule has 104 valence electrons. The Morgan fingerprint density at radius 2 is 2.05 bits per heavy atom. The molecule has 0 bridgehead atoms. The van der Waals surface area contributed by atoms with Crippen molar-refractivity contribution in [2.75, 3.05) is 19.6 Å². The monoisotopic (exact) mass is 300 g/mol. The topological polar surface area (TPSA) is 32.3 Å². The Morgan fingerprint density at radius 1 is 1.37 bits per heavy atom. The quantitative estimate of drug-likeness (QED) is 0.926. The van der Waals surface area contributed by atoms with Crippen LogP contribution < -0.4 is 5.32 Å². The van der Waals surface area contributed by atoms with Crippen molar-refractivity contribution in [3.8, 4) is 0 Å². The zero-order valence-electron chi connectivity index (χ0n) is 11.0. The maximum atomic E-state index is 12.0. The molecule has 1 saturated heterocycles. The molecule has 1 aromatic rings. The largest absolute Gasteiger partial charge is 0.350 e. The third kappa shape index (κ3) is 3.85. The van der Waals surface area contributed by atoms with E-state index in [1.807, 2.05) is 0 Å². The SMILES string of the molecule is CC(CNC(=O)c1ccc(Cl)cc1Cl)N1CCCC1. The first kappa shape index (κ1) is 14.6. The molecule has 1 N–H and O–H groups in total. The summed E-state index contributed by atoms with van der Waals surface area (Å²) < 4.78 is 0. The molecular formula is C14H18Cl2N2O. The Balaban J connectivity index is 1.90. The lowest BCUT2D eigenvalue weighted by Crippen LogP contribution is -2.40. The zero-order chi connectivity index (χ0) is 13.8. The molecule has 1 atom stereocenters. The number of benzene rings is 1. The molecule has 0 aliphatic carbocycles. The summed E-state index contributed by atoms with van der Waals surface area (Å²) in [7, 11) is 0. The summed E-state index contributed by atoms with van der Waals surface area (Å²) in [5.74, 6) is -0.146. The van der Waals surface area contributed by atoms with Gasteiger partial charge in [0.15, 0.2) is 0 Å². The zero-order valence-corrected chi connectivity index (χ0v) is 12.5. The summed E-state index contributed by atoms with van der Waals surface area (Å²) in [6, 6.07) is 5.27. The maximum Gasteiger partial charge on any atom is 0.252 e. The molecule has 0 aromatic heterocycles. The van der Waals surface area contributed by atoms with Gasteiger partial charge in [0, 0.05) is 17.6 Å². The summed E-state index contributed by atoms with van der Waals surface area (Å²) in [5, 5.41) is 3.85.